The summed E-state index contributed by atoms with van der Waals surface area (Å²) in [5.41, 5.74) is 2.58. The van der Waals surface area contributed by atoms with Gasteiger partial charge >= 0.3 is 5.97 Å². The van der Waals surface area contributed by atoms with Crippen LogP contribution in [0.4, 0.5) is 0 Å². The topological polar surface area (TPSA) is 64.6 Å². The van der Waals surface area contributed by atoms with Gasteiger partial charge in [-0.15, -0.1) is 0 Å². The average Bonchev–Trinajstić information content (AvgIpc) is 2.66. The number of fused-ring (bicyclic) bond motifs is 1. The van der Waals surface area contributed by atoms with Gasteiger partial charge in [0.25, 0.3) is 5.91 Å². The van der Waals surface area contributed by atoms with E-state index in [9.17, 15) is 9.59 Å². The van der Waals surface area contributed by atoms with E-state index in [1.54, 1.807) is 12.1 Å². The second kappa shape index (κ2) is 8.23. The Kier molecular flexibility index (Phi) is 5.78. The summed E-state index contributed by atoms with van der Waals surface area (Å²) in [6.45, 7) is -0.354. The number of aryl methyl sites for hydroxylation is 1. The minimum Gasteiger partial charge on any atom is -0.496 e. The third-order valence-electron chi connectivity index (χ3n) is 4.42. The largest absolute Gasteiger partial charge is 0.496 e. The summed E-state index contributed by atoms with van der Waals surface area (Å²) in [5.74, 6) is -0.634. The molecule has 2 aromatic rings. The number of carbonyl (C=O) groups is 2. The summed E-state index contributed by atoms with van der Waals surface area (Å²) in [7, 11) is 1.45. The molecule has 1 amide bonds. The van der Waals surface area contributed by atoms with Gasteiger partial charge in [0, 0.05) is 5.02 Å². The Morgan fingerprint density at radius 1 is 1.23 bits per heavy atom. The highest BCUT2D eigenvalue weighted by molar-refractivity contribution is 6.31. The minimum atomic E-state index is -0.649. The molecule has 3 rings (SSSR count). The number of methoxy groups -OCH3 is 1. The number of benzene rings is 2. The molecule has 1 aliphatic rings. The SMILES string of the molecule is COc1ccc(Cl)cc1C(=O)OCC(=O)NC1CCCc2ccccc21. The Bertz CT molecular complexity index is 821. The molecule has 0 saturated carbocycles. The van der Waals surface area contributed by atoms with Crippen LogP contribution in [0.3, 0.4) is 0 Å². The third kappa shape index (κ3) is 4.17. The Labute approximate surface area is 157 Å². The van der Waals surface area contributed by atoms with E-state index in [1.807, 2.05) is 18.2 Å². The smallest absolute Gasteiger partial charge is 0.342 e. The Morgan fingerprint density at radius 2 is 2.04 bits per heavy atom. The summed E-state index contributed by atoms with van der Waals surface area (Å²) in [6, 6.07) is 12.7. The molecular weight excluding hydrogens is 354 g/mol. The van der Waals surface area contributed by atoms with Gasteiger partial charge < -0.3 is 14.8 Å². The molecule has 1 unspecified atom stereocenters. The number of hydrogen-bond acceptors (Lipinski definition) is 4. The normalized spacial score (nSPS) is 15.7. The van der Waals surface area contributed by atoms with Gasteiger partial charge in [-0.1, -0.05) is 35.9 Å². The molecule has 0 bridgehead atoms. The van der Waals surface area contributed by atoms with E-state index in [2.05, 4.69) is 11.4 Å². The maximum Gasteiger partial charge on any atom is 0.342 e. The van der Waals surface area contributed by atoms with Crippen LogP contribution in [0.2, 0.25) is 5.02 Å². The summed E-state index contributed by atoms with van der Waals surface area (Å²) < 4.78 is 10.3. The standard InChI is InChI=1S/C20H20ClNO4/c1-25-18-10-9-14(21)11-16(18)20(24)26-12-19(23)22-17-8-4-6-13-5-2-3-7-15(13)17/h2-3,5,7,9-11,17H,4,6,8,12H2,1H3,(H,22,23). The van der Waals surface area contributed by atoms with Crippen molar-refractivity contribution in [2.24, 2.45) is 0 Å². The molecule has 1 atom stereocenters. The fourth-order valence-corrected chi connectivity index (χ4v) is 3.36. The van der Waals surface area contributed by atoms with E-state index in [4.69, 9.17) is 21.1 Å². The molecule has 0 aliphatic heterocycles. The first-order valence-corrected chi connectivity index (χ1v) is 8.84. The molecular formula is C20H20ClNO4. The monoisotopic (exact) mass is 373 g/mol. The van der Waals surface area contributed by atoms with Crippen molar-refractivity contribution in [3.05, 3.63) is 64.2 Å². The zero-order valence-corrected chi connectivity index (χ0v) is 15.2. The fraction of sp³-hybridized carbons (Fsp3) is 0.300. The lowest BCUT2D eigenvalue weighted by molar-refractivity contribution is -0.125. The summed E-state index contributed by atoms with van der Waals surface area (Å²) in [4.78, 5) is 24.5. The van der Waals surface area contributed by atoms with Crippen LogP contribution in [-0.2, 0) is 16.0 Å². The minimum absolute atomic E-state index is 0.0492. The summed E-state index contributed by atoms with van der Waals surface area (Å²) in [5, 5.41) is 3.34. The lowest BCUT2D eigenvalue weighted by atomic mass is 9.88. The number of nitrogens with one attached hydrogen (secondary N) is 1. The highest BCUT2D eigenvalue weighted by Gasteiger charge is 2.22. The predicted molar refractivity (Wildman–Crippen MR) is 98.6 cm³/mol. The van der Waals surface area contributed by atoms with Crippen LogP contribution in [0.1, 0.15) is 40.4 Å². The van der Waals surface area contributed by atoms with E-state index >= 15 is 0 Å². The molecule has 136 valence electrons. The van der Waals surface area contributed by atoms with Gasteiger partial charge in [0.2, 0.25) is 0 Å². The molecule has 0 fully saturated rings. The van der Waals surface area contributed by atoms with Crippen LogP contribution >= 0.6 is 11.6 Å². The molecule has 0 spiro atoms. The Morgan fingerprint density at radius 3 is 2.85 bits per heavy atom. The second-order valence-electron chi connectivity index (χ2n) is 6.13. The van der Waals surface area contributed by atoms with Crippen molar-refractivity contribution in [3.8, 4) is 5.75 Å². The molecule has 2 aromatic carbocycles. The van der Waals surface area contributed by atoms with Crippen molar-refractivity contribution in [1.82, 2.24) is 5.32 Å². The van der Waals surface area contributed by atoms with Gasteiger partial charge in [-0.25, -0.2) is 4.79 Å². The molecule has 0 saturated heterocycles. The van der Waals surface area contributed by atoms with E-state index < -0.39 is 5.97 Å². The van der Waals surface area contributed by atoms with Crippen LogP contribution < -0.4 is 10.1 Å². The second-order valence-corrected chi connectivity index (χ2v) is 6.57. The first kappa shape index (κ1) is 18.3. The average molecular weight is 374 g/mol. The van der Waals surface area contributed by atoms with Gasteiger partial charge in [0.05, 0.1) is 13.2 Å². The van der Waals surface area contributed by atoms with Crippen molar-refractivity contribution in [2.75, 3.05) is 13.7 Å². The highest BCUT2D eigenvalue weighted by atomic mass is 35.5. The van der Waals surface area contributed by atoms with Crippen molar-refractivity contribution in [2.45, 2.75) is 25.3 Å². The van der Waals surface area contributed by atoms with Crippen molar-refractivity contribution in [1.29, 1.82) is 0 Å². The molecule has 1 N–H and O–H groups in total. The Hall–Kier alpha value is -2.53. The highest BCUT2D eigenvalue weighted by Crippen LogP contribution is 2.29. The number of esters is 1. The van der Waals surface area contributed by atoms with E-state index in [1.165, 1.54) is 18.7 Å². The van der Waals surface area contributed by atoms with Gasteiger partial charge in [-0.2, -0.15) is 0 Å². The number of hydrogen-bond donors (Lipinski definition) is 1. The van der Waals surface area contributed by atoms with Crippen LogP contribution in [-0.4, -0.2) is 25.6 Å². The third-order valence-corrected chi connectivity index (χ3v) is 4.66. The first-order valence-electron chi connectivity index (χ1n) is 8.46. The van der Waals surface area contributed by atoms with Crippen LogP contribution in [0.15, 0.2) is 42.5 Å². The molecule has 6 heteroatoms. The lowest BCUT2D eigenvalue weighted by Crippen LogP contribution is -2.34. The fourth-order valence-electron chi connectivity index (χ4n) is 3.19. The number of halogens is 1. The van der Waals surface area contributed by atoms with E-state index in [0.717, 1.165) is 24.8 Å². The lowest BCUT2D eigenvalue weighted by Gasteiger charge is -2.26. The number of amides is 1. The number of rotatable bonds is 5. The zero-order valence-electron chi connectivity index (χ0n) is 14.5. The summed E-state index contributed by atoms with van der Waals surface area (Å²) in [6.07, 6.45) is 2.91. The van der Waals surface area contributed by atoms with Gasteiger partial charge in [0.15, 0.2) is 6.61 Å². The predicted octanol–water partition coefficient (Wildman–Crippen LogP) is 3.70. The first-order chi connectivity index (χ1) is 12.6. The maximum atomic E-state index is 12.2. The summed E-state index contributed by atoms with van der Waals surface area (Å²) >= 11 is 5.91. The van der Waals surface area contributed by atoms with Crippen LogP contribution in [0.5, 0.6) is 5.75 Å². The van der Waals surface area contributed by atoms with Crippen molar-refractivity contribution in [3.63, 3.8) is 0 Å². The van der Waals surface area contributed by atoms with Crippen molar-refractivity contribution < 1.29 is 19.1 Å². The zero-order chi connectivity index (χ0) is 18.5. The van der Waals surface area contributed by atoms with Crippen LogP contribution in [0.25, 0.3) is 0 Å². The van der Waals surface area contributed by atoms with E-state index in [-0.39, 0.29) is 24.1 Å². The molecule has 0 radical (unpaired) electrons. The van der Waals surface area contributed by atoms with Crippen LogP contribution in [0, 0.1) is 0 Å². The van der Waals surface area contributed by atoms with Gasteiger partial charge in [-0.05, 0) is 48.6 Å². The molecule has 0 aromatic heterocycles. The number of carbonyl (C=O) groups excluding carboxylic acids is 2. The number of ether oxygens (including phenoxy) is 2. The molecule has 0 heterocycles. The molecule has 5 nitrogen and oxygen atoms in total. The van der Waals surface area contributed by atoms with Gasteiger partial charge in [0.1, 0.15) is 11.3 Å². The molecule has 1 aliphatic carbocycles. The van der Waals surface area contributed by atoms with E-state index in [0.29, 0.717) is 10.8 Å². The quantitative estimate of drug-likeness (QED) is 0.811. The van der Waals surface area contributed by atoms with Gasteiger partial charge in [-0.3, -0.25) is 4.79 Å². The van der Waals surface area contributed by atoms with Crippen molar-refractivity contribution >= 4 is 23.5 Å². The maximum absolute atomic E-state index is 12.2. The molecule has 26 heavy (non-hydrogen) atoms. The Balaban J connectivity index is 1.60.